The summed E-state index contributed by atoms with van der Waals surface area (Å²) in [6.45, 7) is 6.21. The number of aryl methyl sites for hydroxylation is 1. The molecule has 0 aromatic heterocycles. The van der Waals surface area contributed by atoms with Gasteiger partial charge in [-0.15, -0.1) is 0 Å². The van der Waals surface area contributed by atoms with Crippen LogP contribution in [0.4, 0.5) is 0 Å². The molecule has 2 aromatic carbocycles. The van der Waals surface area contributed by atoms with Crippen molar-refractivity contribution in [3.05, 3.63) is 69.7 Å². The van der Waals surface area contributed by atoms with Gasteiger partial charge in [0.25, 0.3) is 0 Å². The highest BCUT2D eigenvalue weighted by Crippen LogP contribution is 2.17. The van der Waals surface area contributed by atoms with Crippen LogP contribution in [0.2, 0.25) is 5.02 Å². The molecule has 0 bridgehead atoms. The second kappa shape index (κ2) is 8.50. The zero-order chi connectivity index (χ0) is 17.5. The average molecular weight is 345 g/mol. The molecule has 0 radical (unpaired) electrons. The fourth-order valence-corrected chi connectivity index (χ4v) is 2.48. The summed E-state index contributed by atoms with van der Waals surface area (Å²) in [7, 11) is 1.54. The third-order valence-corrected chi connectivity index (χ3v) is 3.95. The van der Waals surface area contributed by atoms with E-state index in [0.29, 0.717) is 11.6 Å². The highest BCUT2D eigenvalue weighted by atomic mass is 35.5. The summed E-state index contributed by atoms with van der Waals surface area (Å²) in [5, 5.41) is 8.92. The van der Waals surface area contributed by atoms with Crippen LogP contribution in [-0.2, 0) is 16.3 Å². The van der Waals surface area contributed by atoms with Crippen LogP contribution < -0.4 is 0 Å². The van der Waals surface area contributed by atoms with Crippen molar-refractivity contribution in [3.63, 3.8) is 0 Å². The van der Waals surface area contributed by atoms with Gasteiger partial charge >= 0.3 is 0 Å². The van der Waals surface area contributed by atoms with Gasteiger partial charge in [0, 0.05) is 16.1 Å². The van der Waals surface area contributed by atoms with Crippen LogP contribution in [-0.4, -0.2) is 18.5 Å². The van der Waals surface area contributed by atoms with E-state index in [9.17, 15) is 0 Å². The first-order valence-corrected chi connectivity index (χ1v) is 8.00. The Bertz CT molecular complexity index is 752. The second-order valence-corrected chi connectivity index (χ2v) is 5.85. The maximum absolute atomic E-state index is 5.90. The SMILES string of the molecule is CO/N=C(/C)c1cccc(C)c1CO/N=C(\C)c1ccc(Cl)cc1. The largest absolute Gasteiger partial charge is 0.399 e. The average Bonchev–Trinajstić information content (AvgIpc) is 2.57. The Morgan fingerprint density at radius 1 is 1.00 bits per heavy atom. The molecule has 0 heterocycles. The normalized spacial score (nSPS) is 12.2. The van der Waals surface area contributed by atoms with E-state index in [-0.39, 0.29) is 0 Å². The molecule has 5 heteroatoms. The van der Waals surface area contributed by atoms with E-state index in [2.05, 4.69) is 10.3 Å². The van der Waals surface area contributed by atoms with Gasteiger partial charge in [-0.25, -0.2) is 0 Å². The van der Waals surface area contributed by atoms with Crippen LogP contribution in [0, 0.1) is 6.92 Å². The van der Waals surface area contributed by atoms with Gasteiger partial charge in [0.05, 0.1) is 11.4 Å². The van der Waals surface area contributed by atoms with Gasteiger partial charge in [0.15, 0.2) is 0 Å². The van der Waals surface area contributed by atoms with E-state index >= 15 is 0 Å². The molecule has 2 aromatic rings. The van der Waals surface area contributed by atoms with Gasteiger partial charge < -0.3 is 9.68 Å². The minimum Gasteiger partial charge on any atom is -0.399 e. The molecule has 4 nitrogen and oxygen atoms in total. The van der Waals surface area contributed by atoms with Crippen molar-refractivity contribution in [2.75, 3.05) is 7.11 Å². The maximum Gasteiger partial charge on any atom is 0.143 e. The van der Waals surface area contributed by atoms with Gasteiger partial charge in [-0.05, 0) is 44.0 Å². The van der Waals surface area contributed by atoms with Crippen molar-refractivity contribution in [2.24, 2.45) is 10.3 Å². The van der Waals surface area contributed by atoms with Crippen LogP contribution in [0.25, 0.3) is 0 Å². The maximum atomic E-state index is 5.90. The van der Waals surface area contributed by atoms with Gasteiger partial charge in [-0.1, -0.05) is 52.2 Å². The molecule has 0 saturated heterocycles. The van der Waals surface area contributed by atoms with Gasteiger partial charge in [0.1, 0.15) is 13.7 Å². The molecule has 2 rings (SSSR count). The lowest BCUT2D eigenvalue weighted by Crippen LogP contribution is -2.05. The fraction of sp³-hybridized carbons (Fsp3) is 0.263. The number of oxime groups is 2. The molecule has 0 atom stereocenters. The topological polar surface area (TPSA) is 43.2 Å². The number of hydrogen-bond donors (Lipinski definition) is 0. The standard InChI is InChI=1S/C19H21ClN2O2/c1-13-6-5-7-18(15(3)21-23-4)19(13)12-24-22-14(2)16-8-10-17(20)11-9-16/h5-11H,12H2,1-4H3/b21-15-,22-14+. The summed E-state index contributed by atoms with van der Waals surface area (Å²) < 4.78 is 0. The molecule has 24 heavy (non-hydrogen) atoms. The first kappa shape index (κ1) is 18.0. The number of benzene rings is 2. The Labute approximate surface area is 147 Å². The van der Waals surface area contributed by atoms with Gasteiger partial charge in [-0.2, -0.15) is 0 Å². The smallest absolute Gasteiger partial charge is 0.143 e. The van der Waals surface area contributed by atoms with Crippen molar-refractivity contribution in [1.29, 1.82) is 0 Å². The summed E-state index contributed by atoms with van der Waals surface area (Å²) in [5.74, 6) is 0. The number of nitrogens with zero attached hydrogens (tertiary/aromatic N) is 2. The van der Waals surface area contributed by atoms with Crippen LogP contribution in [0.15, 0.2) is 52.8 Å². The number of halogens is 1. The summed E-state index contributed by atoms with van der Waals surface area (Å²) in [6.07, 6.45) is 0. The summed E-state index contributed by atoms with van der Waals surface area (Å²) in [6, 6.07) is 13.5. The predicted molar refractivity (Wildman–Crippen MR) is 98.9 cm³/mol. The van der Waals surface area contributed by atoms with Crippen LogP contribution in [0.3, 0.4) is 0 Å². The molecule has 0 unspecified atom stereocenters. The van der Waals surface area contributed by atoms with Gasteiger partial charge in [-0.3, -0.25) is 0 Å². The molecule has 0 spiro atoms. The summed E-state index contributed by atoms with van der Waals surface area (Å²) >= 11 is 5.90. The molecule has 0 aliphatic carbocycles. The minimum absolute atomic E-state index is 0.365. The molecule has 0 aliphatic heterocycles. The first-order valence-electron chi connectivity index (χ1n) is 7.62. The Kier molecular flexibility index (Phi) is 6.38. The van der Waals surface area contributed by atoms with E-state index in [0.717, 1.165) is 33.7 Å². The molecular weight excluding hydrogens is 324 g/mol. The van der Waals surface area contributed by atoms with E-state index in [1.807, 2.05) is 63.2 Å². The quantitative estimate of drug-likeness (QED) is 0.549. The third kappa shape index (κ3) is 4.59. The van der Waals surface area contributed by atoms with Crippen LogP contribution in [0.1, 0.15) is 36.1 Å². The fourth-order valence-electron chi connectivity index (χ4n) is 2.36. The molecule has 0 aliphatic rings. The summed E-state index contributed by atoms with van der Waals surface area (Å²) in [5.41, 5.74) is 5.74. The van der Waals surface area contributed by atoms with E-state index < -0.39 is 0 Å². The Morgan fingerprint density at radius 3 is 2.38 bits per heavy atom. The molecule has 0 N–H and O–H groups in total. The zero-order valence-electron chi connectivity index (χ0n) is 14.3. The molecule has 0 fully saturated rings. The first-order chi connectivity index (χ1) is 11.5. The molecule has 0 amide bonds. The van der Waals surface area contributed by atoms with Crippen molar-refractivity contribution >= 4 is 23.0 Å². The Balaban J connectivity index is 2.16. The number of hydrogen-bond acceptors (Lipinski definition) is 4. The predicted octanol–water partition coefficient (Wildman–Crippen LogP) is 4.96. The third-order valence-electron chi connectivity index (χ3n) is 3.70. The van der Waals surface area contributed by atoms with E-state index in [1.54, 1.807) is 0 Å². The molecular formula is C19H21ClN2O2. The van der Waals surface area contributed by atoms with E-state index in [4.69, 9.17) is 21.3 Å². The lowest BCUT2D eigenvalue weighted by molar-refractivity contribution is 0.130. The van der Waals surface area contributed by atoms with Crippen molar-refractivity contribution in [1.82, 2.24) is 0 Å². The monoisotopic (exact) mass is 344 g/mol. The molecule has 0 saturated carbocycles. The highest BCUT2D eigenvalue weighted by molar-refractivity contribution is 6.30. The lowest BCUT2D eigenvalue weighted by atomic mass is 10.00. The minimum atomic E-state index is 0.365. The lowest BCUT2D eigenvalue weighted by Gasteiger charge is -2.11. The van der Waals surface area contributed by atoms with Crippen LogP contribution in [0.5, 0.6) is 0 Å². The molecule has 126 valence electrons. The Morgan fingerprint density at radius 2 is 1.71 bits per heavy atom. The zero-order valence-corrected chi connectivity index (χ0v) is 15.1. The van der Waals surface area contributed by atoms with E-state index in [1.165, 1.54) is 7.11 Å². The van der Waals surface area contributed by atoms with Crippen molar-refractivity contribution in [3.8, 4) is 0 Å². The summed E-state index contributed by atoms with van der Waals surface area (Å²) in [4.78, 5) is 10.4. The number of rotatable bonds is 6. The van der Waals surface area contributed by atoms with Crippen molar-refractivity contribution in [2.45, 2.75) is 27.4 Å². The van der Waals surface area contributed by atoms with Crippen molar-refractivity contribution < 1.29 is 9.68 Å². The van der Waals surface area contributed by atoms with Crippen LogP contribution >= 0.6 is 11.6 Å². The second-order valence-electron chi connectivity index (χ2n) is 5.42. The highest BCUT2D eigenvalue weighted by Gasteiger charge is 2.09. The van der Waals surface area contributed by atoms with Gasteiger partial charge in [0.2, 0.25) is 0 Å². The Hall–Kier alpha value is -2.33.